The van der Waals surface area contributed by atoms with Crippen LogP contribution in [0.5, 0.6) is 0 Å². The van der Waals surface area contributed by atoms with E-state index in [0.29, 0.717) is 23.8 Å². The summed E-state index contributed by atoms with van der Waals surface area (Å²) < 4.78 is 42.9. The van der Waals surface area contributed by atoms with E-state index in [1.54, 1.807) is 6.07 Å². The van der Waals surface area contributed by atoms with E-state index in [9.17, 15) is 18.0 Å². The average Bonchev–Trinajstić information content (AvgIpc) is 3.06. The van der Waals surface area contributed by atoms with Gasteiger partial charge >= 0.3 is 6.18 Å². The lowest BCUT2D eigenvalue weighted by molar-refractivity contribution is -0.137. The molecule has 0 fully saturated rings. The number of benzene rings is 1. The predicted molar refractivity (Wildman–Crippen MR) is 106 cm³/mol. The van der Waals surface area contributed by atoms with E-state index < -0.39 is 17.6 Å². The van der Waals surface area contributed by atoms with Crippen molar-refractivity contribution >= 4 is 35.8 Å². The summed E-state index contributed by atoms with van der Waals surface area (Å²) in [5, 5.41) is 6.02. The number of halogens is 4. The fourth-order valence-corrected chi connectivity index (χ4v) is 2.09. The third-order valence-electron chi connectivity index (χ3n) is 3.38. The molecule has 1 amide bonds. The molecule has 0 spiro atoms. The lowest BCUT2D eigenvalue weighted by Crippen LogP contribution is -2.36. The van der Waals surface area contributed by atoms with Gasteiger partial charge in [0.15, 0.2) is 11.7 Å². The SMILES string of the molecule is CCNC(=NCc1ccc(C(F)(F)F)cc1)NCc1ccc(C(N)=O)o1.I. The smallest absolute Gasteiger partial charge is 0.416 e. The van der Waals surface area contributed by atoms with Crippen molar-refractivity contribution in [2.75, 3.05) is 6.54 Å². The van der Waals surface area contributed by atoms with Crippen molar-refractivity contribution in [3.8, 4) is 0 Å². The zero-order valence-electron chi connectivity index (χ0n) is 14.5. The number of aliphatic imine (C=N–C) groups is 1. The normalized spacial score (nSPS) is 11.6. The van der Waals surface area contributed by atoms with E-state index in [1.807, 2.05) is 6.92 Å². The molecule has 148 valence electrons. The van der Waals surface area contributed by atoms with Crippen molar-refractivity contribution in [3.63, 3.8) is 0 Å². The van der Waals surface area contributed by atoms with Gasteiger partial charge in [0, 0.05) is 6.54 Å². The summed E-state index contributed by atoms with van der Waals surface area (Å²) in [5.74, 6) is 0.371. The molecule has 0 saturated heterocycles. The largest absolute Gasteiger partial charge is 0.454 e. The molecule has 0 saturated carbocycles. The summed E-state index contributed by atoms with van der Waals surface area (Å²) >= 11 is 0. The van der Waals surface area contributed by atoms with Gasteiger partial charge in [0.25, 0.3) is 5.91 Å². The fourth-order valence-electron chi connectivity index (χ4n) is 2.09. The molecule has 1 aromatic carbocycles. The molecule has 0 atom stereocenters. The van der Waals surface area contributed by atoms with Gasteiger partial charge in [-0.15, -0.1) is 24.0 Å². The Bertz CT molecular complexity index is 773. The number of carbonyl (C=O) groups is 1. The van der Waals surface area contributed by atoms with Crippen molar-refractivity contribution in [2.24, 2.45) is 10.7 Å². The highest BCUT2D eigenvalue weighted by Gasteiger charge is 2.29. The van der Waals surface area contributed by atoms with E-state index in [4.69, 9.17) is 10.2 Å². The van der Waals surface area contributed by atoms with Crippen LogP contribution in [0.2, 0.25) is 0 Å². The number of hydrogen-bond acceptors (Lipinski definition) is 3. The Morgan fingerprint density at radius 3 is 2.33 bits per heavy atom. The van der Waals surface area contributed by atoms with Crippen LogP contribution in [-0.4, -0.2) is 18.4 Å². The second kappa shape index (κ2) is 10.2. The number of furan rings is 1. The first-order valence-electron chi connectivity index (χ1n) is 7.86. The molecule has 2 aromatic rings. The van der Waals surface area contributed by atoms with Gasteiger partial charge in [0.2, 0.25) is 0 Å². The lowest BCUT2D eigenvalue weighted by atomic mass is 10.1. The number of nitrogens with two attached hydrogens (primary N) is 1. The second-order valence-electron chi connectivity index (χ2n) is 5.37. The number of alkyl halides is 3. The van der Waals surface area contributed by atoms with Crippen molar-refractivity contribution in [1.29, 1.82) is 0 Å². The maximum atomic E-state index is 12.6. The number of rotatable bonds is 6. The van der Waals surface area contributed by atoms with E-state index >= 15 is 0 Å². The zero-order valence-corrected chi connectivity index (χ0v) is 16.8. The molecule has 1 aromatic heterocycles. The monoisotopic (exact) mass is 496 g/mol. The molecular weight excluding hydrogens is 476 g/mol. The van der Waals surface area contributed by atoms with Crippen molar-refractivity contribution < 1.29 is 22.4 Å². The van der Waals surface area contributed by atoms with Crippen LogP contribution < -0.4 is 16.4 Å². The summed E-state index contributed by atoms with van der Waals surface area (Å²) in [6, 6.07) is 7.93. The summed E-state index contributed by atoms with van der Waals surface area (Å²) in [5.41, 5.74) is 5.07. The maximum Gasteiger partial charge on any atom is 0.416 e. The van der Waals surface area contributed by atoms with Crippen LogP contribution in [0.25, 0.3) is 0 Å². The van der Waals surface area contributed by atoms with Crippen molar-refractivity contribution in [1.82, 2.24) is 10.6 Å². The Morgan fingerprint density at radius 1 is 1.15 bits per heavy atom. The van der Waals surface area contributed by atoms with E-state index in [-0.39, 0.29) is 42.8 Å². The van der Waals surface area contributed by atoms with Gasteiger partial charge in [0.05, 0.1) is 18.7 Å². The number of nitrogens with zero attached hydrogens (tertiary/aromatic N) is 1. The third-order valence-corrected chi connectivity index (χ3v) is 3.38. The first kappa shape index (κ1) is 22.8. The van der Waals surface area contributed by atoms with Gasteiger partial charge in [-0.2, -0.15) is 13.2 Å². The van der Waals surface area contributed by atoms with Crippen LogP contribution in [0.3, 0.4) is 0 Å². The fraction of sp³-hybridized carbons (Fsp3) is 0.294. The van der Waals surface area contributed by atoms with Gasteiger partial charge in [-0.25, -0.2) is 4.99 Å². The highest BCUT2D eigenvalue weighted by molar-refractivity contribution is 14.0. The Hall–Kier alpha value is -2.24. The van der Waals surface area contributed by atoms with Gasteiger partial charge in [-0.1, -0.05) is 12.1 Å². The molecule has 10 heteroatoms. The summed E-state index contributed by atoms with van der Waals surface area (Å²) in [7, 11) is 0. The molecule has 0 unspecified atom stereocenters. The molecule has 0 radical (unpaired) electrons. The molecule has 0 bridgehead atoms. The first-order chi connectivity index (χ1) is 12.3. The van der Waals surface area contributed by atoms with Gasteiger partial charge in [-0.05, 0) is 36.8 Å². The van der Waals surface area contributed by atoms with Crippen LogP contribution in [0.15, 0.2) is 45.8 Å². The molecule has 4 N–H and O–H groups in total. The minimum atomic E-state index is -4.36. The number of hydrogen-bond donors (Lipinski definition) is 3. The van der Waals surface area contributed by atoms with Crippen LogP contribution in [0.1, 0.15) is 34.4 Å². The van der Waals surface area contributed by atoms with Gasteiger partial charge in [-0.3, -0.25) is 4.79 Å². The highest BCUT2D eigenvalue weighted by atomic mass is 127. The Kier molecular flexibility index (Phi) is 8.60. The molecule has 2 rings (SSSR count). The van der Waals surface area contributed by atoms with Crippen LogP contribution >= 0.6 is 24.0 Å². The molecule has 0 aliphatic heterocycles. The Labute approximate surface area is 171 Å². The number of guanidine groups is 1. The summed E-state index contributed by atoms with van der Waals surface area (Å²) in [6.45, 7) is 2.96. The molecule has 6 nitrogen and oxygen atoms in total. The average molecular weight is 496 g/mol. The number of amides is 1. The Balaban J connectivity index is 0.00000364. The molecule has 27 heavy (non-hydrogen) atoms. The third kappa shape index (κ3) is 7.12. The Morgan fingerprint density at radius 2 is 1.81 bits per heavy atom. The van der Waals surface area contributed by atoms with E-state index in [2.05, 4.69) is 15.6 Å². The topological polar surface area (TPSA) is 92.6 Å². The summed E-state index contributed by atoms with van der Waals surface area (Å²) in [4.78, 5) is 15.3. The predicted octanol–water partition coefficient (Wildman–Crippen LogP) is 3.27. The van der Waals surface area contributed by atoms with Crippen molar-refractivity contribution in [3.05, 3.63) is 59.0 Å². The van der Waals surface area contributed by atoms with E-state index in [0.717, 1.165) is 12.1 Å². The van der Waals surface area contributed by atoms with Crippen LogP contribution in [-0.2, 0) is 19.3 Å². The van der Waals surface area contributed by atoms with Gasteiger partial charge in [0.1, 0.15) is 5.76 Å². The standard InChI is InChI=1S/C17H19F3N4O2.HI/c1-2-22-16(24-10-13-7-8-14(26-13)15(21)25)23-9-11-3-5-12(6-4-11)17(18,19)20;/h3-8H,2,9-10H2,1H3,(H2,21,25)(H2,22,23,24);1H. The maximum absolute atomic E-state index is 12.6. The van der Waals surface area contributed by atoms with Crippen LogP contribution in [0, 0.1) is 0 Å². The lowest BCUT2D eigenvalue weighted by Gasteiger charge is -2.10. The number of primary amides is 1. The minimum absolute atomic E-state index is 0. The number of carbonyl (C=O) groups excluding carboxylic acids is 1. The van der Waals surface area contributed by atoms with Crippen molar-refractivity contribution in [2.45, 2.75) is 26.2 Å². The molecule has 0 aliphatic rings. The number of nitrogens with one attached hydrogen (secondary N) is 2. The van der Waals surface area contributed by atoms with E-state index in [1.165, 1.54) is 18.2 Å². The van der Waals surface area contributed by atoms with Crippen LogP contribution in [0.4, 0.5) is 13.2 Å². The quantitative estimate of drug-likeness (QED) is 0.325. The second-order valence-corrected chi connectivity index (χ2v) is 5.37. The first-order valence-corrected chi connectivity index (χ1v) is 7.86. The molecule has 1 heterocycles. The highest BCUT2D eigenvalue weighted by Crippen LogP contribution is 2.29. The molecular formula is C17H20F3IN4O2. The molecule has 0 aliphatic carbocycles. The van der Waals surface area contributed by atoms with Gasteiger partial charge < -0.3 is 20.8 Å². The zero-order chi connectivity index (χ0) is 19.2. The minimum Gasteiger partial charge on any atom is -0.454 e. The summed E-state index contributed by atoms with van der Waals surface area (Å²) in [6.07, 6.45) is -4.36.